The van der Waals surface area contributed by atoms with Crippen molar-refractivity contribution in [3.05, 3.63) is 12.2 Å². The Bertz CT molecular complexity index is 472. The molecule has 2 aliphatic rings. The first kappa shape index (κ1) is 14.6. The van der Waals surface area contributed by atoms with E-state index in [2.05, 4.69) is 5.32 Å². The van der Waals surface area contributed by atoms with Crippen LogP contribution >= 0.6 is 0 Å². The summed E-state index contributed by atoms with van der Waals surface area (Å²) < 4.78 is 0. The number of fused-ring (bicyclic) bond motifs is 2. The van der Waals surface area contributed by atoms with E-state index in [1.807, 2.05) is 12.2 Å². The van der Waals surface area contributed by atoms with Crippen molar-refractivity contribution in [2.45, 2.75) is 26.3 Å². The number of carbonyl (C=O) groups excluding carboxylic acids is 2. The molecule has 0 aliphatic heterocycles. The van der Waals surface area contributed by atoms with E-state index in [0.29, 0.717) is 6.42 Å². The van der Waals surface area contributed by atoms with Gasteiger partial charge in [0.25, 0.3) is 0 Å². The second-order valence-corrected chi connectivity index (χ2v) is 5.97. The highest BCUT2D eigenvalue weighted by molar-refractivity contribution is 5.91. The molecule has 2 bridgehead atoms. The van der Waals surface area contributed by atoms with Gasteiger partial charge in [0.1, 0.15) is 6.04 Å². The molecule has 6 heteroatoms. The van der Waals surface area contributed by atoms with E-state index in [4.69, 9.17) is 5.73 Å². The normalized spacial score (nSPS) is 32.4. The fourth-order valence-corrected chi connectivity index (χ4v) is 3.33. The Kier molecular flexibility index (Phi) is 3.83. The van der Waals surface area contributed by atoms with Gasteiger partial charge in [-0.3, -0.25) is 14.4 Å². The van der Waals surface area contributed by atoms with Gasteiger partial charge < -0.3 is 16.2 Å². The predicted molar refractivity (Wildman–Crippen MR) is 71.3 cm³/mol. The Hall–Kier alpha value is -1.85. The maximum atomic E-state index is 12.4. The monoisotopic (exact) mass is 280 g/mol. The van der Waals surface area contributed by atoms with E-state index >= 15 is 0 Å². The van der Waals surface area contributed by atoms with Crippen LogP contribution in [0.5, 0.6) is 0 Å². The van der Waals surface area contributed by atoms with Gasteiger partial charge in [-0.05, 0) is 24.2 Å². The lowest BCUT2D eigenvalue weighted by molar-refractivity contribution is -0.148. The van der Waals surface area contributed by atoms with Gasteiger partial charge in [0.05, 0.1) is 11.8 Å². The number of primary amides is 1. The summed E-state index contributed by atoms with van der Waals surface area (Å²) in [6.07, 6.45) is 4.47. The standard InChI is InChI=1S/C14H20N2O4/c1-6(2)11(12(15)17)16-13(18)9-7-3-4-8(5-7)10(9)14(19)20/h3-4,6-11H,5H2,1-2H3,(H2,15,17)(H,16,18)(H,19,20)/t7?,8?,9-,10+,11?/m0/s1. The molecule has 2 rings (SSSR count). The van der Waals surface area contributed by atoms with Crippen molar-refractivity contribution in [3.63, 3.8) is 0 Å². The molecule has 20 heavy (non-hydrogen) atoms. The smallest absolute Gasteiger partial charge is 0.307 e. The van der Waals surface area contributed by atoms with Crippen LogP contribution in [-0.4, -0.2) is 28.9 Å². The zero-order valence-corrected chi connectivity index (χ0v) is 11.6. The number of allylic oxidation sites excluding steroid dienone is 2. The van der Waals surface area contributed by atoms with Gasteiger partial charge in [0, 0.05) is 0 Å². The third kappa shape index (κ3) is 2.42. The third-order valence-electron chi connectivity index (χ3n) is 4.32. The number of carboxylic acids is 1. The first-order valence-corrected chi connectivity index (χ1v) is 6.83. The summed E-state index contributed by atoms with van der Waals surface area (Å²) in [7, 11) is 0. The lowest BCUT2D eigenvalue weighted by Crippen LogP contribution is -2.51. The minimum atomic E-state index is -0.956. The van der Waals surface area contributed by atoms with E-state index in [9.17, 15) is 19.5 Å². The minimum Gasteiger partial charge on any atom is -0.481 e. The van der Waals surface area contributed by atoms with E-state index in [1.165, 1.54) is 0 Å². The van der Waals surface area contributed by atoms with Crippen LogP contribution < -0.4 is 11.1 Å². The fraction of sp³-hybridized carbons (Fsp3) is 0.643. The summed E-state index contributed by atoms with van der Waals surface area (Å²) in [4.78, 5) is 35.1. The van der Waals surface area contributed by atoms with Gasteiger partial charge in [-0.1, -0.05) is 26.0 Å². The van der Waals surface area contributed by atoms with E-state index in [-0.39, 0.29) is 23.7 Å². The molecule has 2 aliphatic carbocycles. The summed E-state index contributed by atoms with van der Waals surface area (Å²) >= 11 is 0. The minimum absolute atomic E-state index is 0.0539. The van der Waals surface area contributed by atoms with Crippen LogP contribution in [0.25, 0.3) is 0 Å². The maximum Gasteiger partial charge on any atom is 0.307 e. The van der Waals surface area contributed by atoms with Crippen molar-refractivity contribution in [2.24, 2.45) is 35.3 Å². The molecule has 110 valence electrons. The number of aliphatic carboxylic acids is 1. The molecule has 3 unspecified atom stereocenters. The number of rotatable bonds is 5. The average molecular weight is 280 g/mol. The summed E-state index contributed by atoms with van der Waals surface area (Å²) in [6.45, 7) is 3.57. The van der Waals surface area contributed by atoms with Crippen molar-refractivity contribution in [3.8, 4) is 0 Å². The summed E-state index contributed by atoms with van der Waals surface area (Å²) in [5, 5.41) is 11.9. The van der Waals surface area contributed by atoms with Crippen molar-refractivity contribution in [1.82, 2.24) is 5.32 Å². The molecule has 1 saturated carbocycles. The lowest BCUT2D eigenvalue weighted by Gasteiger charge is -2.27. The van der Waals surface area contributed by atoms with Crippen LogP contribution in [0, 0.1) is 29.6 Å². The number of carbonyl (C=O) groups is 3. The van der Waals surface area contributed by atoms with Gasteiger partial charge in [-0.15, -0.1) is 0 Å². The molecule has 0 aromatic carbocycles. The molecule has 0 saturated heterocycles. The van der Waals surface area contributed by atoms with Crippen molar-refractivity contribution in [2.75, 3.05) is 0 Å². The first-order valence-electron chi connectivity index (χ1n) is 6.83. The van der Waals surface area contributed by atoms with Crippen LogP contribution in [0.1, 0.15) is 20.3 Å². The summed E-state index contributed by atoms with van der Waals surface area (Å²) in [6, 6.07) is -0.764. The molecule has 4 N–H and O–H groups in total. The zero-order valence-electron chi connectivity index (χ0n) is 11.6. The lowest BCUT2D eigenvalue weighted by atomic mass is 9.82. The second-order valence-electron chi connectivity index (χ2n) is 5.97. The predicted octanol–water partition coefficient (Wildman–Crippen LogP) is 0.135. The van der Waals surface area contributed by atoms with Crippen LogP contribution in [0.3, 0.4) is 0 Å². The molecule has 2 amide bonds. The highest BCUT2D eigenvalue weighted by Crippen LogP contribution is 2.48. The topological polar surface area (TPSA) is 109 Å². The van der Waals surface area contributed by atoms with Crippen LogP contribution in [0.15, 0.2) is 12.2 Å². The van der Waals surface area contributed by atoms with Gasteiger partial charge in [-0.25, -0.2) is 0 Å². The largest absolute Gasteiger partial charge is 0.481 e. The zero-order chi connectivity index (χ0) is 15.0. The van der Waals surface area contributed by atoms with Crippen LogP contribution in [-0.2, 0) is 14.4 Å². The molecule has 0 aromatic heterocycles. The van der Waals surface area contributed by atoms with E-state index in [1.54, 1.807) is 13.8 Å². The molecule has 1 fully saturated rings. The molecule has 6 nitrogen and oxygen atoms in total. The van der Waals surface area contributed by atoms with Gasteiger partial charge in [-0.2, -0.15) is 0 Å². The van der Waals surface area contributed by atoms with Crippen molar-refractivity contribution < 1.29 is 19.5 Å². The number of carboxylic acid groups (broad SMARTS) is 1. The maximum absolute atomic E-state index is 12.4. The fourth-order valence-electron chi connectivity index (χ4n) is 3.33. The Labute approximate surface area is 117 Å². The Balaban J connectivity index is 2.14. The first-order chi connectivity index (χ1) is 9.32. The van der Waals surface area contributed by atoms with E-state index in [0.717, 1.165) is 0 Å². The Morgan fingerprint density at radius 2 is 1.75 bits per heavy atom. The number of nitrogens with two attached hydrogens (primary N) is 1. The number of amides is 2. The number of hydrogen-bond acceptors (Lipinski definition) is 3. The average Bonchev–Trinajstić information content (AvgIpc) is 2.94. The van der Waals surface area contributed by atoms with Crippen LogP contribution in [0.2, 0.25) is 0 Å². The summed E-state index contributed by atoms with van der Waals surface area (Å²) in [5.41, 5.74) is 5.27. The highest BCUT2D eigenvalue weighted by atomic mass is 16.4. The molecular formula is C14H20N2O4. The van der Waals surface area contributed by atoms with E-state index < -0.39 is 29.8 Å². The molecule has 0 radical (unpaired) electrons. The summed E-state index contributed by atoms with van der Waals surface area (Å²) in [5.74, 6) is -3.52. The van der Waals surface area contributed by atoms with Gasteiger partial charge >= 0.3 is 5.97 Å². The molecular weight excluding hydrogens is 260 g/mol. The van der Waals surface area contributed by atoms with Crippen molar-refractivity contribution in [1.29, 1.82) is 0 Å². The Morgan fingerprint density at radius 3 is 2.20 bits per heavy atom. The third-order valence-corrected chi connectivity index (χ3v) is 4.32. The van der Waals surface area contributed by atoms with Gasteiger partial charge in [0.15, 0.2) is 0 Å². The van der Waals surface area contributed by atoms with Gasteiger partial charge in [0.2, 0.25) is 11.8 Å². The number of nitrogens with one attached hydrogen (secondary N) is 1. The molecule has 0 heterocycles. The SMILES string of the molecule is CC(C)C(NC(=O)[C@H]1C2C=CC(C2)[C@H]1C(=O)O)C(N)=O. The van der Waals surface area contributed by atoms with Crippen LogP contribution in [0.4, 0.5) is 0 Å². The quantitative estimate of drug-likeness (QED) is 0.622. The molecule has 0 spiro atoms. The van der Waals surface area contributed by atoms with Crippen molar-refractivity contribution >= 4 is 17.8 Å². The highest BCUT2D eigenvalue weighted by Gasteiger charge is 2.52. The number of hydrogen-bond donors (Lipinski definition) is 3. The molecule has 5 atom stereocenters. The molecule has 0 aromatic rings. The second kappa shape index (κ2) is 5.26. The Morgan fingerprint density at radius 1 is 1.20 bits per heavy atom.